The van der Waals surface area contributed by atoms with Gasteiger partial charge in [0.15, 0.2) is 0 Å². The van der Waals surface area contributed by atoms with Gasteiger partial charge in [0.25, 0.3) is 5.91 Å². The minimum Gasteiger partial charge on any atom is -0.340 e. The number of amides is 1. The lowest BCUT2D eigenvalue weighted by Gasteiger charge is -2.11. The number of nitrogens with one attached hydrogen (secondary N) is 1. The Morgan fingerprint density at radius 2 is 1.64 bits per heavy atom. The monoisotopic (exact) mass is 289 g/mol. The molecule has 0 aliphatic carbocycles. The Labute approximate surface area is 128 Å². The third-order valence-corrected chi connectivity index (χ3v) is 4.02. The molecular formula is C18H15N3O. The van der Waals surface area contributed by atoms with E-state index in [1.807, 2.05) is 67.6 Å². The molecule has 1 unspecified atom stereocenters. The Morgan fingerprint density at radius 3 is 2.32 bits per heavy atom. The summed E-state index contributed by atoms with van der Waals surface area (Å²) in [5, 5.41) is 7.65. The van der Waals surface area contributed by atoms with Crippen molar-refractivity contribution in [1.82, 2.24) is 15.1 Å². The number of hydrogen-bond acceptors (Lipinski definition) is 2. The number of carbonyl (C=O) groups excluding carboxylic acids is 1. The standard InChI is InChI=1S/C18H15N3O/c1-12-15-16(13-8-4-2-5-9-13)19-18(22)17(15)21(20-12)14-10-6-3-7-11-14/h2-11,16H,1H3,(H,19,22). The summed E-state index contributed by atoms with van der Waals surface area (Å²) in [7, 11) is 0. The van der Waals surface area contributed by atoms with E-state index in [1.165, 1.54) is 0 Å². The molecule has 1 atom stereocenters. The molecule has 2 heterocycles. The number of nitrogens with zero attached hydrogens (tertiary/aromatic N) is 2. The third kappa shape index (κ3) is 1.84. The maximum atomic E-state index is 12.5. The van der Waals surface area contributed by atoms with Gasteiger partial charge in [0.1, 0.15) is 5.69 Å². The molecule has 1 aromatic heterocycles. The van der Waals surface area contributed by atoms with Crippen LogP contribution < -0.4 is 5.32 Å². The summed E-state index contributed by atoms with van der Waals surface area (Å²) in [6.07, 6.45) is 0. The molecule has 0 radical (unpaired) electrons. The van der Waals surface area contributed by atoms with Crippen molar-refractivity contribution in [2.45, 2.75) is 13.0 Å². The van der Waals surface area contributed by atoms with Crippen molar-refractivity contribution >= 4 is 5.91 Å². The molecule has 2 aromatic carbocycles. The largest absolute Gasteiger partial charge is 0.340 e. The second kappa shape index (κ2) is 4.84. The summed E-state index contributed by atoms with van der Waals surface area (Å²) in [5.74, 6) is -0.0756. The minimum absolute atomic E-state index is 0.0756. The van der Waals surface area contributed by atoms with E-state index in [1.54, 1.807) is 4.68 Å². The molecule has 0 spiro atoms. The Morgan fingerprint density at radius 1 is 1.00 bits per heavy atom. The van der Waals surface area contributed by atoms with Crippen molar-refractivity contribution in [3.05, 3.63) is 83.2 Å². The lowest BCUT2D eigenvalue weighted by molar-refractivity contribution is 0.0953. The summed E-state index contributed by atoms with van der Waals surface area (Å²) < 4.78 is 1.74. The number of para-hydroxylation sites is 1. The first-order chi connectivity index (χ1) is 10.8. The average Bonchev–Trinajstić information content (AvgIpc) is 3.09. The van der Waals surface area contributed by atoms with Crippen LogP contribution >= 0.6 is 0 Å². The lowest BCUT2D eigenvalue weighted by atomic mass is 10.0. The van der Waals surface area contributed by atoms with Crippen LogP contribution in [0.2, 0.25) is 0 Å². The predicted octanol–water partition coefficient (Wildman–Crippen LogP) is 3.01. The summed E-state index contributed by atoms with van der Waals surface area (Å²) in [6.45, 7) is 1.95. The summed E-state index contributed by atoms with van der Waals surface area (Å²) in [6, 6.07) is 19.6. The average molecular weight is 289 g/mol. The molecule has 108 valence electrons. The van der Waals surface area contributed by atoms with Gasteiger partial charge in [0.2, 0.25) is 0 Å². The molecule has 4 rings (SSSR count). The molecule has 0 fully saturated rings. The minimum atomic E-state index is -0.124. The number of benzene rings is 2. The van der Waals surface area contributed by atoms with Crippen LogP contribution in [-0.4, -0.2) is 15.7 Å². The highest BCUT2D eigenvalue weighted by Crippen LogP contribution is 2.34. The third-order valence-electron chi connectivity index (χ3n) is 4.02. The van der Waals surface area contributed by atoms with Gasteiger partial charge in [-0.05, 0) is 24.6 Å². The molecular weight excluding hydrogens is 274 g/mol. The zero-order valence-electron chi connectivity index (χ0n) is 12.2. The highest BCUT2D eigenvalue weighted by Gasteiger charge is 2.36. The van der Waals surface area contributed by atoms with Crippen molar-refractivity contribution in [3.8, 4) is 5.69 Å². The van der Waals surface area contributed by atoms with Crippen LogP contribution in [0.3, 0.4) is 0 Å². The summed E-state index contributed by atoms with van der Waals surface area (Å²) in [5.41, 5.74) is 4.46. The molecule has 4 heteroatoms. The van der Waals surface area contributed by atoms with E-state index < -0.39 is 0 Å². The molecule has 22 heavy (non-hydrogen) atoms. The van der Waals surface area contributed by atoms with Gasteiger partial charge >= 0.3 is 0 Å². The number of aryl methyl sites for hydroxylation is 1. The lowest BCUT2D eigenvalue weighted by Crippen LogP contribution is -2.22. The fraction of sp³-hybridized carbons (Fsp3) is 0.111. The summed E-state index contributed by atoms with van der Waals surface area (Å²) >= 11 is 0. The second-order valence-electron chi connectivity index (χ2n) is 5.41. The van der Waals surface area contributed by atoms with Gasteiger partial charge in [-0.15, -0.1) is 0 Å². The van der Waals surface area contributed by atoms with Gasteiger partial charge in [0, 0.05) is 5.56 Å². The van der Waals surface area contributed by atoms with Crippen molar-refractivity contribution in [1.29, 1.82) is 0 Å². The molecule has 1 amide bonds. The van der Waals surface area contributed by atoms with Gasteiger partial charge in [0.05, 0.1) is 17.4 Å². The van der Waals surface area contributed by atoms with Gasteiger partial charge in [-0.3, -0.25) is 4.79 Å². The quantitative estimate of drug-likeness (QED) is 0.788. The van der Waals surface area contributed by atoms with E-state index in [0.29, 0.717) is 5.69 Å². The Hall–Kier alpha value is -2.88. The second-order valence-corrected chi connectivity index (χ2v) is 5.41. The van der Waals surface area contributed by atoms with Gasteiger partial charge in [-0.2, -0.15) is 5.10 Å². The fourth-order valence-electron chi connectivity index (χ4n) is 3.03. The molecule has 0 saturated heterocycles. The molecule has 0 saturated carbocycles. The number of aromatic nitrogens is 2. The van der Waals surface area contributed by atoms with E-state index >= 15 is 0 Å². The van der Waals surface area contributed by atoms with E-state index in [4.69, 9.17) is 0 Å². The van der Waals surface area contributed by atoms with E-state index in [-0.39, 0.29) is 11.9 Å². The van der Waals surface area contributed by atoms with Crippen molar-refractivity contribution in [2.75, 3.05) is 0 Å². The first-order valence-corrected chi connectivity index (χ1v) is 7.26. The smallest absolute Gasteiger partial charge is 0.271 e. The molecule has 4 nitrogen and oxygen atoms in total. The van der Waals surface area contributed by atoms with E-state index in [2.05, 4.69) is 10.4 Å². The number of rotatable bonds is 2. The van der Waals surface area contributed by atoms with Crippen molar-refractivity contribution in [3.63, 3.8) is 0 Å². The van der Waals surface area contributed by atoms with Crippen LogP contribution in [0.4, 0.5) is 0 Å². The van der Waals surface area contributed by atoms with Gasteiger partial charge < -0.3 is 5.32 Å². The predicted molar refractivity (Wildman–Crippen MR) is 84.1 cm³/mol. The first kappa shape index (κ1) is 12.8. The molecule has 3 aromatic rings. The topological polar surface area (TPSA) is 46.9 Å². The maximum Gasteiger partial charge on any atom is 0.271 e. The van der Waals surface area contributed by atoms with Crippen LogP contribution in [0.1, 0.15) is 33.4 Å². The zero-order valence-corrected chi connectivity index (χ0v) is 12.2. The van der Waals surface area contributed by atoms with Crippen LogP contribution in [0, 0.1) is 6.92 Å². The Bertz CT molecular complexity index is 838. The molecule has 1 N–H and O–H groups in total. The number of fused-ring (bicyclic) bond motifs is 1. The van der Waals surface area contributed by atoms with Crippen LogP contribution in [-0.2, 0) is 0 Å². The van der Waals surface area contributed by atoms with Crippen molar-refractivity contribution in [2.24, 2.45) is 0 Å². The maximum absolute atomic E-state index is 12.5. The van der Waals surface area contributed by atoms with E-state index in [0.717, 1.165) is 22.5 Å². The molecule has 1 aliphatic heterocycles. The normalized spacial score (nSPS) is 16.4. The summed E-state index contributed by atoms with van der Waals surface area (Å²) in [4.78, 5) is 12.5. The Kier molecular flexibility index (Phi) is 2.82. The van der Waals surface area contributed by atoms with E-state index in [9.17, 15) is 4.79 Å². The highest BCUT2D eigenvalue weighted by atomic mass is 16.2. The van der Waals surface area contributed by atoms with Gasteiger partial charge in [-0.1, -0.05) is 48.5 Å². The SMILES string of the molecule is Cc1nn(-c2ccccc2)c2c1C(c1ccccc1)NC2=O. The highest BCUT2D eigenvalue weighted by molar-refractivity contribution is 5.99. The number of carbonyl (C=O) groups is 1. The first-order valence-electron chi connectivity index (χ1n) is 7.26. The molecule has 1 aliphatic rings. The van der Waals surface area contributed by atoms with Crippen LogP contribution in [0.5, 0.6) is 0 Å². The fourth-order valence-corrected chi connectivity index (χ4v) is 3.03. The van der Waals surface area contributed by atoms with Crippen LogP contribution in [0.15, 0.2) is 60.7 Å². The molecule has 0 bridgehead atoms. The van der Waals surface area contributed by atoms with Crippen molar-refractivity contribution < 1.29 is 4.79 Å². The Balaban J connectivity index is 1.89. The van der Waals surface area contributed by atoms with Crippen LogP contribution in [0.25, 0.3) is 5.69 Å². The number of hydrogen-bond donors (Lipinski definition) is 1. The zero-order chi connectivity index (χ0) is 15.1. The van der Waals surface area contributed by atoms with Gasteiger partial charge in [-0.25, -0.2) is 4.68 Å².